The Balaban J connectivity index is 1.91. The molecule has 5 nitrogen and oxygen atoms in total. The zero-order valence-corrected chi connectivity index (χ0v) is 19.6. The number of fused-ring (bicyclic) bond motifs is 1. The predicted molar refractivity (Wildman–Crippen MR) is 132 cm³/mol. The van der Waals surface area contributed by atoms with Crippen LogP contribution in [0.2, 0.25) is 10.0 Å². The van der Waals surface area contributed by atoms with Crippen LogP contribution in [0.25, 0.3) is 0 Å². The summed E-state index contributed by atoms with van der Waals surface area (Å²) in [5.74, 6) is -1.11. The Kier molecular flexibility index (Phi) is 7.03. The second kappa shape index (κ2) is 9.96. The van der Waals surface area contributed by atoms with Gasteiger partial charge in [0.2, 0.25) is 0 Å². The third-order valence-electron chi connectivity index (χ3n) is 5.41. The average molecular weight is 502 g/mol. The van der Waals surface area contributed by atoms with Crippen molar-refractivity contribution in [1.29, 1.82) is 0 Å². The highest BCUT2D eigenvalue weighted by Gasteiger charge is 2.44. The van der Waals surface area contributed by atoms with E-state index in [1.807, 2.05) is 0 Å². The van der Waals surface area contributed by atoms with Crippen LogP contribution < -0.4 is 9.80 Å². The standard InChI is InChI=1S/C25H19Cl3N2O3/c26-13-7-12-20-25(33)30(24(32)17-10-5-2-6-11-17)22-15-19(28)18(27)14-21(22)29(20)23(31)16-8-3-1-4-9-16/h1-6,8-11,14-15,20H,7,12-13H2/t20-/m1/s1. The molecule has 0 radical (unpaired) electrons. The summed E-state index contributed by atoms with van der Waals surface area (Å²) in [5.41, 5.74) is 1.28. The molecule has 8 heteroatoms. The van der Waals surface area contributed by atoms with Crippen molar-refractivity contribution in [3.63, 3.8) is 0 Å². The fourth-order valence-corrected chi connectivity index (χ4v) is 4.33. The molecule has 3 amide bonds. The van der Waals surface area contributed by atoms with E-state index in [2.05, 4.69) is 0 Å². The summed E-state index contributed by atoms with van der Waals surface area (Å²) in [7, 11) is 0. The van der Waals surface area contributed by atoms with E-state index in [1.54, 1.807) is 60.7 Å². The first-order valence-corrected chi connectivity index (χ1v) is 11.6. The van der Waals surface area contributed by atoms with E-state index in [0.29, 0.717) is 29.1 Å². The molecule has 1 aliphatic rings. The molecule has 0 bridgehead atoms. The van der Waals surface area contributed by atoms with E-state index in [9.17, 15) is 14.4 Å². The van der Waals surface area contributed by atoms with Gasteiger partial charge in [0.05, 0.1) is 21.4 Å². The van der Waals surface area contributed by atoms with Gasteiger partial charge in [-0.1, -0.05) is 59.6 Å². The molecule has 3 aromatic rings. The smallest absolute Gasteiger partial charge is 0.265 e. The molecule has 0 unspecified atom stereocenters. The molecule has 0 aliphatic carbocycles. The lowest BCUT2D eigenvalue weighted by molar-refractivity contribution is -0.119. The second-order valence-corrected chi connectivity index (χ2v) is 8.68. The summed E-state index contributed by atoms with van der Waals surface area (Å²) in [6.45, 7) is 0. The van der Waals surface area contributed by atoms with Gasteiger partial charge in [-0.2, -0.15) is 0 Å². The lowest BCUT2D eigenvalue weighted by atomic mass is 9.99. The Hall–Kier alpha value is -2.86. The van der Waals surface area contributed by atoms with Gasteiger partial charge >= 0.3 is 0 Å². The quantitative estimate of drug-likeness (QED) is 0.308. The highest BCUT2D eigenvalue weighted by atomic mass is 35.5. The molecule has 1 heterocycles. The van der Waals surface area contributed by atoms with Gasteiger partial charge < -0.3 is 0 Å². The number of alkyl halides is 1. The maximum atomic E-state index is 13.7. The summed E-state index contributed by atoms with van der Waals surface area (Å²) < 4.78 is 0. The number of imide groups is 1. The van der Waals surface area contributed by atoms with E-state index in [0.717, 1.165) is 4.90 Å². The predicted octanol–water partition coefficient (Wildman–Crippen LogP) is 6.21. The Bertz CT molecular complexity index is 1200. The summed E-state index contributed by atoms with van der Waals surface area (Å²) in [5, 5.41) is 0.374. The van der Waals surface area contributed by atoms with Gasteiger partial charge in [0.15, 0.2) is 0 Å². The minimum Gasteiger partial charge on any atom is -0.294 e. The second-order valence-electron chi connectivity index (χ2n) is 7.49. The van der Waals surface area contributed by atoms with Crippen LogP contribution in [0.5, 0.6) is 0 Å². The summed E-state index contributed by atoms with van der Waals surface area (Å²) in [6.07, 6.45) is 0.750. The number of hydrogen-bond acceptors (Lipinski definition) is 3. The molecule has 3 aromatic carbocycles. The maximum absolute atomic E-state index is 13.7. The maximum Gasteiger partial charge on any atom is 0.265 e. The van der Waals surface area contributed by atoms with Crippen molar-refractivity contribution in [1.82, 2.24) is 0 Å². The molecule has 33 heavy (non-hydrogen) atoms. The molecular formula is C25H19Cl3N2O3. The van der Waals surface area contributed by atoms with Gasteiger partial charge in [0.1, 0.15) is 6.04 Å². The Morgan fingerprint density at radius 2 is 1.30 bits per heavy atom. The van der Waals surface area contributed by atoms with Crippen molar-refractivity contribution in [2.45, 2.75) is 18.9 Å². The summed E-state index contributed by atoms with van der Waals surface area (Å²) in [4.78, 5) is 43.2. The number of rotatable bonds is 5. The van der Waals surface area contributed by atoms with Gasteiger partial charge in [0, 0.05) is 17.0 Å². The molecule has 1 atom stereocenters. The molecule has 0 N–H and O–H groups in total. The fourth-order valence-electron chi connectivity index (χ4n) is 3.86. The number of benzene rings is 3. The molecule has 1 aliphatic heterocycles. The van der Waals surface area contributed by atoms with Crippen LogP contribution in [0, 0.1) is 0 Å². The Labute approximate surface area is 206 Å². The van der Waals surface area contributed by atoms with Gasteiger partial charge in [-0.15, -0.1) is 11.6 Å². The lowest BCUT2D eigenvalue weighted by Crippen LogP contribution is -2.57. The zero-order chi connectivity index (χ0) is 23.5. The van der Waals surface area contributed by atoms with Crippen LogP contribution in [0.3, 0.4) is 0 Å². The van der Waals surface area contributed by atoms with Crippen LogP contribution in [-0.2, 0) is 4.79 Å². The van der Waals surface area contributed by atoms with Crippen molar-refractivity contribution in [2.75, 3.05) is 15.7 Å². The van der Waals surface area contributed by atoms with E-state index in [1.165, 1.54) is 17.0 Å². The van der Waals surface area contributed by atoms with E-state index >= 15 is 0 Å². The average Bonchev–Trinajstić information content (AvgIpc) is 2.84. The first-order valence-electron chi connectivity index (χ1n) is 10.3. The van der Waals surface area contributed by atoms with Crippen molar-refractivity contribution in [3.8, 4) is 0 Å². The molecule has 4 rings (SSSR count). The molecular weight excluding hydrogens is 483 g/mol. The molecule has 0 fully saturated rings. The van der Waals surface area contributed by atoms with Crippen LogP contribution in [0.15, 0.2) is 72.8 Å². The molecule has 0 saturated carbocycles. The fraction of sp³-hybridized carbons (Fsp3) is 0.160. The highest BCUT2D eigenvalue weighted by Crippen LogP contribution is 2.43. The third-order valence-corrected chi connectivity index (χ3v) is 6.40. The van der Waals surface area contributed by atoms with Crippen LogP contribution in [-0.4, -0.2) is 29.6 Å². The number of hydrogen-bond donors (Lipinski definition) is 0. The summed E-state index contributed by atoms with van der Waals surface area (Å²) in [6, 6.07) is 19.1. The normalized spacial score (nSPS) is 15.4. The van der Waals surface area contributed by atoms with Gasteiger partial charge in [-0.3, -0.25) is 19.3 Å². The number of amides is 3. The van der Waals surface area contributed by atoms with Gasteiger partial charge in [-0.25, -0.2) is 4.90 Å². The number of carbonyl (C=O) groups excluding carboxylic acids is 3. The van der Waals surface area contributed by atoms with Crippen molar-refractivity contribution in [3.05, 3.63) is 94.0 Å². The van der Waals surface area contributed by atoms with Gasteiger partial charge in [0.25, 0.3) is 17.7 Å². The van der Waals surface area contributed by atoms with E-state index in [4.69, 9.17) is 34.8 Å². The molecule has 0 saturated heterocycles. The molecule has 168 valence electrons. The molecule has 0 spiro atoms. The number of nitrogens with zero attached hydrogens (tertiary/aromatic N) is 2. The highest BCUT2D eigenvalue weighted by molar-refractivity contribution is 6.43. The van der Waals surface area contributed by atoms with E-state index < -0.39 is 17.9 Å². The number of anilines is 2. The number of carbonyl (C=O) groups is 3. The minimum absolute atomic E-state index is 0.167. The molecule has 0 aromatic heterocycles. The van der Waals surface area contributed by atoms with E-state index in [-0.39, 0.29) is 28.1 Å². The monoisotopic (exact) mass is 500 g/mol. The van der Waals surface area contributed by atoms with Gasteiger partial charge in [-0.05, 0) is 49.2 Å². The Morgan fingerprint density at radius 1 is 0.788 bits per heavy atom. The minimum atomic E-state index is -0.936. The van der Waals surface area contributed by atoms with Crippen LogP contribution in [0.4, 0.5) is 11.4 Å². The van der Waals surface area contributed by atoms with Crippen molar-refractivity contribution in [2.24, 2.45) is 0 Å². The topological polar surface area (TPSA) is 57.7 Å². The Morgan fingerprint density at radius 3 is 1.85 bits per heavy atom. The first-order chi connectivity index (χ1) is 15.9. The summed E-state index contributed by atoms with van der Waals surface area (Å²) >= 11 is 18.5. The zero-order valence-electron chi connectivity index (χ0n) is 17.4. The van der Waals surface area contributed by atoms with Crippen LogP contribution in [0.1, 0.15) is 33.6 Å². The SMILES string of the molecule is O=C(c1ccccc1)N1C(=O)[C@@H](CCCCl)N(C(=O)c2ccccc2)c2cc(Cl)c(Cl)cc21. The van der Waals surface area contributed by atoms with Crippen LogP contribution >= 0.6 is 34.8 Å². The largest absolute Gasteiger partial charge is 0.294 e. The lowest BCUT2D eigenvalue weighted by Gasteiger charge is -2.41. The van der Waals surface area contributed by atoms with Crippen molar-refractivity contribution >= 4 is 63.9 Å². The first kappa shape index (κ1) is 23.3. The number of halogens is 3. The van der Waals surface area contributed by atoms with Crippen molar-refractivity contribution < 1.29 is 14.4 Å². The third kappa shape index (κ3) is 4.49.